The van der Waals surface area contributed by atoms with Gasteiger partial charge in [0.05, 0.1) is 13.2 Å². The first-order valence-electron chi connectivity index (χ1n) is 4.68. The molecule has 1 aromatic rings. The van der Waals surface area contributed by atoms with E-state index in [-0.39, 0.29) is 31.0 Å². The minimum atomic E-state index is -0.707. The molecule has 0 aliphatic rings. The zero-order chi connectivity index (χ0) is 12.0. The molecule has 0 aliphatic heterocycles. The molecule has 1 heterocycles. The Morgan fingerprint density at radius 2 is 2.24 bits per heavy atom. The van der Waals surface area contributed by atoms with Gasteiger partial charge in [0.25, 0.3) is 0 Å². The third kappa shape index (κ3) is 4.66. The van der Waals surface area contributed by atoms with E-state index in [0.29, 0.717) is 5.56 Å². The van der Waals surface area contributed by atoms with E-state index in [0.717, 1.165) is 6.26 Å². The van der Waals surface area contributed by atoms with E-state index in [1.807, 2.05) is 0 Å². The van der Waals surface area contributed by atoms with Gasteiger partial charge in [0.2, 0.25) is 5.75 Å². The van der Waals surface area contributed by atoms with Gasteiger partial charge < -0.3 is 24.5 Å². The molecule has 7 nitrogen and oxygen atoms in total. The highest BCUT2D eigenvalue weighted by Crippen LogP contribution is 2.07. The van der Waals surface area contributed by atoms with Gasteiger partial charge in [0.1, 0.15) is 6.26 Å². The van der Waals surface area contributed by atoms with Gasteiger partial charge in [-0.3, -0.25) is 0 Å². The second kappa shape index (κ2) is 7.42. The lowest BCUT2D eigenvalue weighted by Crippen LogP contribution is -2.17. The Morgan fingerprint density at radius 1 is 1.53 bits per heavy atom. The van der Waals surface area contributed by atoms with E-state index >= 15 is 0 Å². The fourth-order valence-corrected chi connectivity index (χ4v) is 0.971. The number of carbonyl (C=O) groups is 1. The van der Waals surface area contributed by atoms with Crippen LogP contribution in [0.3, 0.4) is 0 Å². The Labute approximate surface area is 96.9 Å². The lowest BCUT2D eigenvalue weighted by Gasteiger charge is -2.04. The lowest BCUT2D eigenvalue weighted by atomic mass is 10.3. The molecule has 0 fully saturated rings. The van der Waals surface area contributed by atoms with Crippen LogP contribution in [0.4, 0.5) is 0 Å². The van der Waals surface area contributed by atoms with Crippen molar-refractivity contribution in [3.05, 3.63) is 28.3 Å². The molecule has 0 saturated heterocycles. The van der Waals surface area contributed by atoms with Crippen LogP contribution in [0, 0.1) is 0 Å². The minimum Gasteiger partial charge on any atom is -0.475 e. The number of hydrogen-bond acceptors (Lipinski definition) is 6. The number of ether oxygens (including phenoxy) is 2. The largest absolute Gasteiger partial charge is 0.475 e. The molecule has 1 aromatic heterocycles. The van der Waals surface area contributed by atoms with Crippen molar-refractivity contribution in [2.75, 3.05) is 13.2 Å². The first-order valence-corrected chi connectivity index (χ1v) is 4.68. The zero-order valence-corrected chi connectivity index (χ0v) is 9.26. The zero-order valence-electron chi connectivity index (χ0n) is 9.26. The van der Waals surface area contributed by atoms with Crippen molar-refractivity contribution in [3.63, 3.8) is 0 Å². The average molecular weight is 246 g/mol. The highest BCUT2D eigenvalue weighted by molar-refractivity contribution is 5.71. The number of esters is 1. The van der Waals surface area contributed by atoms with Gasteiger partial charge in [-0.1, -0.05) is 0 Å². The van der Waals surface area contributed by atoms with E-state index in [4.69, 9.17) is 9.84 Å². The number of hydrogen-bond donors (Lipinski definition) is 1. The Hall–Kier alpha value is -1.86. The molecule has 17 heavy (non-hydrogen) atoms. The SMILES string of the molecule is CCOC(=O)COc1cc(CO)coc1=O.O. The molecule has 0 unspecified atom stereocenters. The van der Waals surface area contributed by atoms with Crippen LogP contribution in [-0.4, -0.2) is 29.8 Å². The molecule has 0 atom stereocenters. The van der Waals surface area contributed by atoms with Crippen molar-refractivity contribution in [1.29, 1.82) is 0 Å². The molecule has 7 heteroatoms. The normalized spacial score (nSPS) is 9.29. The molecule has 3 N–H and O–H groups in total. The summed E-state index contributed by atoms with van der Waals surface area (Å²) in [5, 5.41) is 8.81. The minimum absolute atomic E-state index is 0. The van der Waals surface area contributed by atoms with E-state index in [1.165, 1.54) is 6.07 Å². The molecule has 1 rings (SSSR count). The van der Waals surface area contributed by atoms with E-state index < -0.39 is 11.6 Å². The number of aliphatic hydroxyl groups excluding tert-OH is 1. The molecule has 0 radical (unpaired) electrons. The predicted octanol–water partition coefficient (Wildman–Crippen LogP) is -0.751. The van der Waals surface area contributed by atoms with Crippen molar-refractivity contribution < 1.29 is 29.3 Å². The monoisotopic (exact) mass is 246 g/mol. The van der Waals surface area contributed by atoms with Gasteiger partial charge in [-0.15, -0.1) is 0 Å². The molecule has 0 spiro atoms. The van der Waals surface area contributed by atoms with Crippen molar-refractivity contribution >= 4 is 5.97 Å². The van der Waals surface area contributed by atoms with Gasteiger partial charge in [-0.25, -0.2) is 9.59 Å². The Balaban J connectivity index is 0.00000256. The number of aliphatic hydroxyl groups is 1. The van der Waals surface area contributed by atoms with Crippen LogP contribution in [0.1, 0.15) is 12.5 Å². The fourth-order valence-electron chi connectivity index (χ4n) is 0.971. The van der Waals surface area contributed by atoms with Crippen LogP contribution >= 0.6 is 0 Å². The van der Waals surface area contributed by atoms with Crippen molar-refractivity contribution in [2.45, 2.75) is 13.5 Å². The van der Waals surface area contributed by atoms with Crippen LogP contribution in [-0.2, 0) is 16.1 Å². The Morgan fingerprint density at radius 3 is 2.82 bits per heavy atom. The van der Waals surface area contributed by atoms with Crippen LogP contribution in [0.15, 0.2) is 21.5 Å². The first kappa shape index (κ1) is 15.1. The van der Waals surface area contributed by atoms with Gasteiger partial charge in [-0.05, 0) is 13.0 Å². The van der Waals surface area contributed by atoms with Gasteiger partial charge in [0.15, 0.2) is 6.61 Å². The summed E-state index contributed by atoms with van der Waals surface area (Å²) < 4.78 is 14.1. The molecule has 0 amide bonds. The van der Waals surface area contributed by atoms with Gasteiger partial charge >= 0.3 is 11.6 Å². The maximum Gasteiger partial charge on any atom is 0.378 e. The topological polar surface area (TPSA) is 117 Å². The maximum atomic E-state index is 11.1. The third-order valence-corrected chi connectivity index (χ3v) is 1.67. The van der Waals surface area contributed by atoms with Crippen LogP contribution < -0.4 is 10.4 Å². The molecule has 0 bridgehead atoms. The summed E-state index contributed by atoms with van der Waals surface area (Å²) in [4.78, 5) is 22.1. The quantitative estimate of drug-likeness (QED) is 0.683. The van der Waals surface area contributed by atoms with Crippen molar-refractivity contribution in [1.82, 2.24) is 0 Å². The molecule has 0 aliphatic carbocycles. The fraction of sp³-hybridized carbons (Fsp3) is 0.400. The Kier molecular flexibility index (Phi) is 6.61. The van der Waals surface area contributed by atoms with E-state index in [1.54, 1.807) is 6.92 Å². The second-order valence-corrected chi connectivity index (χ2v) is 2.86. The maximum absolute atomic E-state index is 11.1. The van der Waals surface area contributed by atoms with Crippen molar-refractivity contribution in [3.8, 4) is 5.75 Å². The Bertz CT molecular complexity index is 409. The van der Waals surface area contributed by atoms with Crippen LogP contribution in [0.5, 0.6) is 5.75 Å². The molecule has 0 aromatic carbocycles. The standard InChI is InChI=1S/C10H12O6.H2O/c1-2-14-9(12)6-15-8-3-7(4-11)5-16-10(8)13;/h3,5,11H,2,4,6H2,1H3;1H2. The first-order chi connectivity index (χ1) is 7.67. The second-order valence-electron chi connectivity index (χ2n) is 2.86. The van der Waals surface area contributed by atoms with E-state index in [9.17, 15) is 9.59 Å². The van der Waals surface area contributed by atoms with Crippen LogP contribution in [0.25, 0.3) is 0 Å². The highest BCUT2D eigenvalue weighted by atomic mass is 16.6. The lowest BCUT2D eigenvalue weighted by molar-refractivity contribution is -0.145. The molecule has 0 saturated carbocycles. The summed E-state index contributed by atoms with van der Waals surface area (Å²) in [6, 6.07) is 1.31. The summed E-state index contributed by atoms with van der Waals surface area (Å²) in [5.41, 5.74) is -0.319. The summed E-state index contributed by atoms with van der Waals surface area (Å²) >= 11 is 0. The summed E-state index contributed by atoms with van der Waals surface area (Å²) in [6.45, 7) is 1.26. The molecular formula is C10H14O7. The van der Waals surface area contributed by atoms with Crippen molar-refractivity contribution in [2.24, 2.45) is 0 Å². The number of carbonyl (C=O) groups excluding carboxylic acids is 1. The highest BCUT2D eigenvalue weighted by Gasteiger charge is 2.08. The van der Waals surface area contributed by atoms with Gasteiger partial charge in [0, 0.05) is 5.56 Å². The summed E-state index contributed by atoms with van der Waals surface area (Å²) in [6.07, 6.45) is 1.12. The molecular weight excluding hydrogens is 232 g/mol. The smallest absolute Gasteiger partial charge is 0.378 e. The predicted molar refractivity (Wildman–Crippen MR) is 56.6 cm³/mol. The van der Waals surface area contributed by atoms with Gasteiger partial charge in [-0.2, -0.15) is 0 Å². The summed E-state index contributed by atoms with van der Waals surface area (Å²) in [7, 11) is 0. The average Bonchev–Trinajstić information content (AvgIpc) is 2.28. The summed E-state index contributed by atoms with van der Waals surface area (Å²) in [5.74, 6) is -0.698. The van der Waals surface area contributed by atoms with Crippen LogP contribution in [0.2, 0.25) is 0 Å². The molecule has 96 valence electrons. The van der Waals surface area contributed by atoms with E-state index in [2.05, 4.69) is 9.15 Å². The third-order valence-electron chi connectivity index (χ3n) is 1.67. The number of rotatable bonds is 5.